The summed E-state index contributed by atoms with van der Waals surface area (Å²) < 4.78 is 19.3. The van der Waals surface area contributed by atoms with Crippen molar-refractivity contribution >= 4 is 28.8 Å². The molecule has 0 radical (unpaired) electrons. The van der Waals surface area contributed by atoms with E-state index in [1.54, 1.807) is 0 Å². The monoisotopic (exact) mass is 327 g/mol. The Hall–Kier alpha value is -1.74. The van der Waals surface area contributed by atoms with Gasteiger partial charge < -0.3 is 4.74 Å². The van der Waals surface area contributed by atoms with Crippen molar-refractivity contribution in [2.45, 2.75) is 28.0 Å². The third-order valence-corrected chi connectivity index (χ3v) is 5.13. The lowest BCUT2D eigenvalue weighted by molar-refractivity contribution is -0.390. The molecule has 1 aromatic heterocycles. The molecule has 1 aliphatic carbocycles. The van der Waals surface area contributed by atoms with Gasteiger partial charge >= 0.3 is 5.69 Å². The maximum absolute atomic E-state index is 13.8. The zero-order valence-electron chi connectivity index (χ0n) is 10.9. The van der Waals surface area contributed by atoms with E-state index in [4.69, 9.17) is 4.74 Å². The Bertz CT molecular complexity index is 703. The molecular weight excluding hydrogens is 317 g/mol. The predicted molar refractivity (Wildman–Crippen MR) is 75.6 cm³/mol. The van der Waals surface area contributed by atoms with Crippen LogP contribution in [0, 0.1) is 15.9 Å². The molecule has 1 heterocycles. The van der Waals surface area contributed by atoms with Crippen molar-refractivity contribution in [2.24, 2.45) is 0 Å². The third kappa shape index (κ3) is 2.98. The van der Waals surface area contributed by atoms with Gasteiger partial charge in [-0.25, -0.2) is 0 Å². The van der Waals surface area contributed by atoms with E-state index in [1.165, 1.54) is 24.5 Å². The summed E-state index contributed by atoms with van der Waals surface area (Å²) in [6.07, 6.45) is 2.21. The number of hydrogen-bond acceptors (Lipinski definition) is 7. The van der Waals surface area contributed by atoms with Gasteiger partial charge in [0.15, 0.2) is 4.34 Å². The fraction of sp³-hybridized carbons (Fsp3) is 0.333. The number of hydrogen-bond donors (Lipinski definition) is 0. The zero-order valence-corrected chi connectivity index (χ0v) is 12.5. The zero-order chi connectivity index (χ0) is 15.0. The average Bonchev–Trinajstić information content (AvgIpc) is 3.18. The lowest BCUT2D eigenvalue weighted by Gasteiger charge is -2.05. The van der Waals surface area contributed by atoms with Crippen molar-refractivity contribution in [3.8, 4) is 5.75 Å². The summed E-state index contributed by atoms with van der Waals surface area (Å²) in [6, 6.07) is 2.43. The number of nitro groups is 1. The Kier molecular flexibility index (Phi) is 3.77. The van der Waals surface area contributed by atoms with E-state index < -0.39 is 16.4 Å². The van der Waals surface area contributed by atoms with Gasteiger partial charge in [0.2, 0.25) is 5.82 Å². The van der Waals surface area contributed by atoms with Gasteiger partial charge in [-0.15, -0.1) is 10.2 Å². The summed E-state index contributed by atoms with van der Waals surface area (Å²) in [5, 5.41) is 20.0. The molecule has 0 amide bonds. The molecular formula is C12H10FN3O3S2. The fourth-order valence-corrected chi connectivity index (χ4v) is 3.92. The molecule has 3 rings (SSSR count). The summed E-state index contributed by atoms with van der Waals surface area (Å²) in [7, 11) is 1.38. The number of nitro benzene ring substituents is 1. The average molecular weight is 327 g/mol. The molecule has 0 atom stereocenters. The van der Waals surface area contributed by atoms with Crippen LogP contribution in [-0.2, 0) is 0 Å². The predicted octanol–water partition coefficient (Wildman–Crippen LogP) is 3.62. The van der Waals surface area contributed by atoms with E-state index in [9.17, 15) is 14.5 Å². The van der Waals surface area contributed by atoms with Gasteiger partial charge in [0, 0.05) is 18.1 Å². The normalized spacial score (nSPS) is 14.2. The number of rotatable bonds is 5. The minimum Gasteiger partial charge on any atom is -0.497 e. The second kappa shape index (κ2) is 5.57. The third-order valence-electron chi connectivity index (χ3n) is 2.97. The maximum Gasteiger partial charge on any atom is 0.318 e. The Morgan fingerprint density at radius 1 is 1.48 bits per heavy atom. The number of methoxy groups -OCH3 is 1. The molecule has 1 fully saturated rings. The van der Waals surface area contributed by atoms with E-state index >= 15 is 0 Å². The van der Waals surface area contributed by atoms with Crippen molar-refractivity contribution in [3.63, 3.8) is 0 Å². The molecule has 110 valence electrons. The highest BCUT2D eigenvalue weighted by Gasteiger charge is 2.29. The van der Waals surface area contributed by atoms with Gasteiger partial charge in [-0.05, 0) is 24.6 Å². The van der Waals surface area contributed by atoms with Crippen molar-refractivity contribution in [3.05, 3.63) is 33.1 Å². The van der Waals surface area contributed by atoms with Gasteiger partial charge in [0.25, 0.3) is 0 Å². The van der Waals surface area contributed by atoms with Gasteiger partial charge in [-0.1, -0.05) is 11.3 Å². The second-order valence-electron chi connectivity index (χ2n) is 4.50. The lowest BCUT2D eigenvalue weighted by Crippen LogP contribution is -1.96. The summed E-state index contributed by atoms with van der Waals surface area (Å²) >= 11 is 2.43. The van der Waals surface area contributed by atoms with Crippen LogP contribution in [-0.4, -0.2) is 22.2 Å². The van der Waals surface area contributed by atoms with Crippen LogP contribution in [0.25, 0.3) is 0 Å². The highest BCUT2D eigenvalue weighted by Crippen LogP contribution is 2.45. The molecule has 0 aliphatic heterocycles. The van der Waals surface area contributed by atoms with Gasteiger partial charge in [0.05, 0.1) is 16.9 Å². The molecule has 0 spiro atoms. The number of benzene rings is 1. The van der Waals surface area contributed by atoms with E-state index in [1.807, 2.05) is 0 Å². The summed E-state index contributed by atoms with van der Waals surface area (Å²) in [6.45, 7) is 0. The minimum absolute atomic E-state index is 0.162. The summed E-state index contributed by atoms with van der Waals surface area (Å²) in [5.41, 5.74) is -0.566. The van der Waals surface area contributed by atoms with Crippen molar-refractivity contribution in [1.82, 2.24) is 10.2 Å². The molecule has 1 saturated carbocycles. The van der Waals surface area contributed by atoms with E-state index in [2.05, 4.69) is 10.2 Å². The fourth-order valence-electron chi connectivity index (χ4n) is 1.77. The molecule has 6 nitrogen and oxygen atoms in total. The van der Waals surface area contributed by atoms with Crippen molar-refractivity contribution in [2.75, 3.05) is 7.11 Å². The Morgan fingerprint density at radius 3 is 2.86 bits per heavy atom. The molecule has 1 aromatic carbocycles. The molecule has 21 heavy (non-hydrogen) atoms. The Morgan fingerprint density at radius 2 is 2.24 bits per heavy atom. The highest BCUT2D eigenvalue weighted by atomic mass is 32.2. The van der Waals surface area contributed by atoms with Crippen LogP contribution >= 0.6 is 23.1 Å². The summed E-state index contributed by atoms with van der Waals surface area (Å²) in [5.74, 6) is -0.227. The van der Waals surface area contributed by atoms with Crippen LogP contribution in [0.15, 0.2) is 21.4 Å². The van der Waals surface area contributed by atoms with Crippen LogP contribution in [0.2, 0.25) is 0 Å². The SMILES string of the molecule is COc1cc(F)c([N+](=O)[O-])c(Sc2nnc(C3CC3)s2)c1. The van der Waals surface area contributed by atoms with Crippen LogP contribution in [0.4, 0.5) is 10.1 Å². The largest absolute Gasteiger partial charge is 0.497 e. The Labute approximate surface area is 127 Å². The number of ether oxygens (including phenoxy) is 1. The molecule has 9 heteroatoms. The first-order valence-corrected chi connectivity index (χ1v) is 7.75. The van der Waals surface area contributed by atoms with Crippen LogP contribution < -0.4 is 4.74 Å². The first kappa shape index (κ1) is 14.2. The second-order valence-corrected chi connectivity index (χ2v) is 6.79. The lowest BCUT2D eigenvalue weighted by atomic mass is 10.3. The first-order valence-electron chi connectivity index (χ1n) is 6.11. The van der Waals surface area contributed by atoms with E-state index in [-0.39, 0.29) is 10.6 Å². The maximum atomic E-state index is 13.8. The van der Waals surface area contributed by atoms with Crippen molar-refractivity contribution in [1.29, 1.82) is 0 Å². The molecule has 0 saturated heterocycles. The van der Waals surface area contributed by atoms with Crippen LogP contribution in [0.1, 0.15) is 23.8 Å². The topological polar surface area (TPSA) is 78.2 Å². The molecule has 0 N–H and O–H groups in total. The molecule has 1 aliphatic rings. The van der Waals surface area contributed by atoms with Crippen LogP contribution in [0.5, 0.6) is 5.75 Å². The standard InChI is InChI=1S/C12H10FN3O3S2/c1-19-7-4-8(13)10(16(17)18)9(5-7)20-12-15-14-11(21-12)6-2-3-6/h4-6H,2-3H2,1H3. The van der Waals surface area contributed by atoms with Gasteiger partial charge in [-0.3, -0.25) is 10.1 Å². The summed E-state index contributed by atoms with van der Waals surface area (Å²) in [4.78, 5) is 10.5. The number of halogens is 1. The minimum atomic E-state index is -0.922. The van der Waals surface area contributed by atoms with Crippen molar-refractivity contribution < 1.29 is 14.1 Å². The highest BCUT2D eigenvalue weighted by molar-refractivity contribution is 8.01. The van der Waals surface area contributed by atoms with Gasteiger partial charge in [-0.2, -0.15) is 4.39 Å². The number of nitrogens with zero attached hydrogens (tertiary/aromatic N) is 3. The van der Waals surface area contributed by atoms with E-state index in [0.717, 1.165) is 35.7 Å². The van der Waals surface area contributed by atoms with Gasteiger partial charge in [0.1, 0.15) is 10.8 Å². The molecule has 0 unspecified atom stereocenters. The van der Waals surface area contributed by atoms with E-state index in [0.29, 0.717) is 10.3 Å². The number of aromatic nitrogens is 2. The Balaban J connectivity index is 1.94. The first-order chi connectivity index (χ1) is 10.1. The van der Waals surface area contributed by atoms with Crippen LogP contribution in [0.3, 0.4) is 0 Å². The molecule has 2 aromatic rings. The smallest absolute Gasteiger partial charge is 0.318 e. The molecule has 0 bridgehead atoms. The quantitative estimate of drug-likeness (QED) is 0.616.